The molecule has 1 aromatic heterocycles. The number of nitrogens with zero attached hydrogens (tertiary/aromatic N) is 3. The van der Waals surface area contributed by atoms with Crippen LogP contribution in [0.5, 0.6) is 0 Å². The van der Waals surface area contributed by atoms with Crippen molar-refractivity contribution < 1.29 is 68.0 Å². The van der Waals surface area contributed by atoms with E-state index in [1.807, 2.05) is 103 Å². The molecule has 6 rings (SSSR count). The van der Waals surface area contributed by atoms with Crippen molar-refractivity contribution in [3.05, 3.63) is 48.2 Å². The maximum atomic E-state index is 14.9. The fourth-order valence-corrected chi connectivity index (χ4v) is 12.2. The quantitative estimate of drug-likeness (QED) is 0.0758. The molecule has 18 atom stereocenters. The molecule has 1 aliphatic carbocycles. The van der Waals surface area contributed by atoms with Crippen LogP contribution >= 0.6 is 0 Å². The van der Waals surface area contributed by atoms with Crippen molar-refractivity contribution in [3.63, 3.8) is 0 Å². The summed E-state index contributed by atoms with van der Waals surface area (Å²) in [5.41, 5.74) is -2.23. The second-order valence-corrected chi connectivity index (χ2v) is 23.4. The molecule has 17 nitrogen and oxygen atoms in total. The Hall–Kier alpha value is -3.17. The number of para-hydroxylation sites is 1. The summed E-state index contributed by atoms with van der Waals surface area (Å²) in [5.74, 6) is -4.97. The predicted molar refractivity (Wildman–Crippen MR) is 286 cm³/mol. The van der Waals surface area contributed by atoms with Gasteiger partial charge in [-0.25, -0.2) is 0 Å². The first-order chi connectivity index (χ1) is 35.3. The van der Waals surface area contributed by atoms with Crippen molar-refractivity contribution in [2.24, 2.45) is 28.8 Å². The van der Waals surface area contributed by atoms with Crippen LogP contribution in [0.1, 0.15) is 146 Å². The largest absolute Gasteiger partial charge is 0.459 e. The number of aliphatic hydroxyl groups excluding tert-OH is 3. The molecule has 2 aromatic rings. The van der Waals surface area contributed by atoms with Crippen molar-refractivity contribution >= 4 is 28.7 Å². The standard InChI is InChI=1S/C58H93N3O14/c1-16-45-57(12,66)50(63)37(6)47(60-75-58(74-34(2)3)26-20-17-21-27-58)35(4)31-56(11,68-28-22-23-41-30-42-24-18-19-25-43(42)59-33-41)52(73-54-48(62)44(61(13)14)29-36(5)69-54)38(7)49(39(8)53(65)71-45)72-46-32-55(10,67-15)51(64)40(9)70-46/h18-19,22-25,30,33-40,44-46,48-52,54,62-64,66H,16-17,20-21,26-29,31-32H2,1-15H3/b23-22+,60-47?/t35-,36+,37+,38-,39+,40-,44-,45-,46?,48+,49-,50+,51-,52+,54?,55+,56-,57+/m0/s1. The maximum Gasteiger partial charge on any atom is 0.311 e. The zero-order valence-corrected chi connectivity index (χ0v) is 47.6. The van der Waals surface area contributed by atoms with Crippen molar-refractivity contribution in [2.75, 3.05) is 27.8 Å². The Morgan fingerprint density at radius 1 is 0.920 bits per heavy atom. The highest BCUT2D eigenvalue weighted by molar-refractivity contribution is 5.89. The van der Waals surface area contributed by atoms with Gasteiger partial charge in [0.1, 0.15) is 23.9 Å². The molecule has 75 heavy (non-hydrogen) atoms. The van der Waals surface area contributed by atoms with Gasteiger partial charge >= 0.3 is 5.97 Å². The van der Waals surface area contributed by atoms with Gasteiger partial charge in [-0.2, -0.15) is 0 Å². The number of carbonyl (C=O) groups excluding carboxylic acids is 1. The molecule has 3 saturated heterocycles. The smallest absolute Gasteiger partial charge is 0.311 e. The van der Waals surface area contributed by atoms with Crippen molar-refractivity contribution in [1.29, 1.82) is 0 Å². The summed E-state index contributed by atoms with van der Waals surface area (Å²) in [6.07, 6.45) is 0.487. The molecule has 17 heteroatoms. The van der Waals surface area contributed by atoms with Crippen molar-refractivity contribution in [2.45, 2.75) is 237 Å². The lowest BCUT2D eigenvalue weighted by Crippen LogP contribution is -2.61. The van der Waals surface area contributed by atoms with E-state index in [-0.39, 0.29) is 44.1 Å². The fraction of sp³-hybridized carbons (Fsp3) is 0.776. The van der Waals surface area contributed by atoms with Crippen LogP contribution in [0, 0.1) is 23.7 Å². The van der Waals surface area contributed by atoms with Gasteiger partial charge in [-0.15, -0.1) is 0 Å². The first kappa shape index (κ1) is 61.0. The van der Waals surface area contributed by atoms with Gasteiger partial charge in [0.25, 0.3) is 0 Å². The highest BCUT2D eigenvalue weighted by Gasteiger charge is 2.54. The minimum absolute atomic E-state index is 0.0727. The Morgan fingerprint density at radius 2 is 1.61 bits per heavy atom. The van der Waals surface area contributed by atoms with E-state index >= 15 is 0 Å². The predicted octanol–water partition coefficient (Wildman–Crippen LogP) is 7.96. The van der Waals surface area contributed by atoms with E-state index in [0.29, 0.717) is 25.0 Å². The summed E-state index contributed by atoms with van der Waals surface area (Å²) in [5, 5.41) is 54.4. The van der Waals surface area contributed by atoms with Crippen molar-refractivity contribution in [3.8, 4) is 0 Å². The third kappa shape index (κ3) is 14.4. The molecule has 3 aliphatic heterocycles. The average molecular weight is 1060 g/mol. The lowest BCUT2D eigenvalue weighted by Gasteiger charge is -2.50. The molecule has 4 N–H and O–H groups in total. The number of aromatic nitrogens is 1. The first-order valence-electron chi connectivity index (χ1n) is 27.7. The fourth-order valence-electron chi connectivity index (χ4n) is 12.2. The highest BCUT2D eigenvalue weighted by atomic mass is 16.8. The summed E-state index contributed by atoms with van der Waals surface area (Å²) >= 11 is 0. The van der Waals surface area contributed by atoms with Gasteiger partial charge in [0.05, 0.1) is 71.6 Å². The number of ether oxygens (including phenoxy) is 8. The van der Waals surface area contributed by atoms with E-state index in [1.54, 1.807) is 34.6 Å². The minimum Gasteiger partial charge on any atom is -0.459 e. The number of hydrogen-bond acceptors (Lipinski definition) is 17. The third-order valence-electron chi connectivity index (χ3n) is 16.7. The van der Waals surface area contributed by atoms with E-state index < -0.39 is 108 Å². The number of esters is 1. The van der Waals surface area contributed by atoms with Gasteiger partial charge in [0.2, 0.25) is 5.79 Å². The number of benzene rings is 1. The van der Waals surface area contributed by atoms with E-state index in [0.717, 1.165) is 35.7 Å². The molecular formula is C58H93N3O14. The summed E-state index contributed by atoms with van der Waals surface area (Å²) < 4.78 is 53.2. The molecule has 4 fully saturated rings. The van der Waals surface area contributed by atoms with Gasteiger partial charge in [0.15, 0.2) is 12.6 Å². The number of cyclic esters (lactones) is 1. The second-order valence-electron chi connectivity index (χ2n) is 23.4. The van der Waals surface area contributed by atoms with E-state index in [9.17, 15) is 25.2 Å². The average Bonchev–Trinajstić information content (AvgIpc) is 3.36. The number of likely N-dealkylation sites (N-methyl/N-ethyl adjacent to an activating group) is 1. The molecular weight excluding hydrogens is 963 g/mol. The Bertz CT molecular complexity index is 2200. The van der Waals surface area contributed by atoms with Crippen molar-refractivity contribution in [1.82, 2.24) is 9.88 Å². The third-order valence-corrected chi connectivity index (χ3v) is 16.7. The molecule has 4 aliphatic rings. The molecule has 424 valence electrons. The number of fused-ring (bicyclic) bond motifs is 1. The first-order valence-corrected chi connectivity index (χ1v) is 27.7. The summed E-state index contributed by atoms with van der Waals surface area (Å²) in [7, 11) is 5.35. The Balaban J connectivity index is 1.55. The van der Waals surface area contributed by atoms with Crippen LogP contribution in [0.3, 0.4) is 0 Å². The zero-order chi connectivity index (χ0) is 55.2. The Morgan fingerprint density at radius 3 is 2.27 bits per heavy atom. The van der Waals surface area contributed by atoms with Crippen LogP contribution < -0.4 is 0 Å². The summed E-state index contributed by atoms with van der Waals surface area (Å²) in [6.45, 7) is 22.1. The van der Waals surface area contributed by atoms with Crippen LogP contribution in [0.15, 0.2) is 47.8 Å². The zero-order valence-electron chi connectivity index (χ0n) is 47.6. The van der Waals surface area contributed by atoms with E-state index in [4.69, 9.17) is 47.9 Å². The van der Waals surface area contributed by atoms with Gasteiger partial charge < -0.3 is 68.1 Å². The number of methoxy groups -OCH3 is 1. The van der Waals surface area contributed by atoms with E-state index in [1.165, 1.54) is 14.0 Å². The number of oxime groups is 1. The van der Waals surface area contributed by atoms with Gasteiger partial charge in [-0.1, -0.05) is 69.6 Å². The molecule has 1 saturated carbocycles. The number of pyridine rings is 1. The molecule has 0 spiro atoms. The SMILES string of the molecule is CC[C@@H]1OC(=O)[C@H](C)[C@@H](OC2C[C@@](C)(OC)[C@@H](O)[C@H](C)O2)[C@H](C)[C@@H](OC2O[C@H](C)C[C@H](N(C)C)[C@H]2O)[C@@](C)(OC/C=C/c2cnc3ccccc3c2)C[C@H](C)C(=NOC2(OC(C)C)CCCCC2)[C@@H](C)[C@@H](O)[C@]1(C)O. The molecule has 0 radical (unpaired) electrons. The topological polar surface area (TPSA) is 210 Å². The number of rotatable bonds is 15. The van der Waals surface area contributed by atoms with Crippen LogP contribution in [-0.4, -0.2) is 166 Å². The monoisotopic (exact) mass is 1060 g/mol. The minimum atomic E-state index is -1.98. The van der Waals surface area contributed by atoms with Gasteiger partial charge in [0, 0.05) is 61.8 Å². The Kier molecular flexibility index (Phi) is 21.0. The van der Waals surface area contributed by atoms with Crippen LogP contribution in [0.4, 0.5) is 0 Å². The summed E-state index contributed by atoms with van der Waals surface area (Å²) in [4.78, 5) is 28.2. The normalized spacial score (nSPS) is 40.3. The van der Waals surface area contributed by atoms with Crippen LogP contribution in [0.25, 0.3) is 17.0 Å². The van der Waals surface area contributed by atoms with Gasteiger partial charge in [-0.05, 0) is 119 Å². The lowest BCUT2D eigenvalue weighted by molar-refractivity contribution is -0.320. The second kappa shape index (κ2) is 25.7. The Labute approximate surface area is 446 Å². The van der Waals surface area contributed by atoms with E-state index in [2.05, 4.69) is 11.1 Å². The number of carbonyl (C=O) groups is 1. The molecule has 2 unspecified atom stereocenters. The molecule has 0 amide bonds. The molecule has 1 aromatic carbocycles. The summed E-state index contributed by atoms with van der Waals surface area (Å²) in [6, 6.07) is 9.64. The number of hydrogen-bond donors (Lipinski definition) is 4. The number of aliphatic hydroxyl groups is 4. The van der Waals surface area contributed by atoms with Crippen LogP contribution in [-0.2, 0) is 47.5 Å². The lowest BCUT2D eigenvalue weighted by atomic mass is 9.73. The molecule has 0 bridgehead atoms. The maximum absolute atomic E-state index is 14.9. The van der Waals surface area contributed by atoms with Crippen LogP contribution in [0.2, 0.25) is 0 Å². The van der Waals surface area contributed by atoms with Gasteiger partial charge in [-0.3, -0.25) is 9.78 Å². The molecule has 4 heterocycles. The highest BCUT2D eigenvalue weighted by Crippen LogP contribution is 2.43.